The summed E-state index contributed by atoms with van der Waals surface area (Å²) in [6.45, 7) is 3.35. The summed E-state index contributed by atoms with van der Waals surface area (Å²) in [5.74, 6) is 0.0400. The molecule has 96 valence electrons. The van der Waals surface area contributed by atoms with Crippen molar-refractivity contribution in [3.05, 3.63) is 17.5 Å². The Morgan fingerprint density at radius 1 is 1.59 bits per heavy atom. The highest BCUT2D eigenvalue weighted by molar-refractivity contribution is 5.92. The van der Waals surface area contributed by atoms with E-state index in [4.69, 9.17) is 5.73 Å². The highest BCUT2D eigenvalue weighted by atomic mass is 35.5. The van der Waals surface area contributed by atoms with E-state index in [1.54, 1.807) is 11.7 Å². The molecule has 1 aliphatic heterocycles. The standard InChI is InChI=1S/C11H18N4O.ClH/c1-8-6-10(14(2)13-8)11(16)15-5-3-4-9(12)7-15;/h6,9H,3-5,7,12H2,1-2H3;1H/t9-;/m1./s1. The van der Waals surface area contributed by atoms with Crippen molar-refractivity contribution in [1.29, 1.82) is 0 Å². The molecular formula is C11H19ClN4O. The zero-order chi connectivity index (χ0) is 11.7. The lowest BCUT2D eigenvalue weighted by atomic mass is 10.1. The molecule has 1 aliphatic rings. The summed E-state index contributed by atoms with van der Waals surface area (Å²) >= 11 is 0. The number of halogens is 1. The third-order valence-electron chi connectivity index (χ3n) is 2.97. The fourth-order valence-corrected chi connectivity index (χ4v) is 2.17. The minimum Gasteiger partial charge on any atom is -0.336 e. The third-order valence-corrected chi connectivity index (χ3v) is 2.97. The van der Waals surface area contributed by atoms with Crippen LogP contribution in [0.15, 0.2) is 6.07 Å². The Morgan fingerprint density at radius 2 is 2.29 bits per heavy atom. The number of carbonyl (C=O) groups is 1. The highest BCUT2D eigenvalue weighted by Gasteiger charge is 2.24. The quantitative estimate of drug-likeness (QED) is 0.807. The van der Waals surface area contributed by atoms with Crippen LogP contribution in [0.2, 0.25) is 0 Å². The second kappa shape index (κ2) is 5.51. The first kappa shape index (κ1) is 14.0. The van der Waals surface area contributed by atoms with Gasteiger partial charge in [-0.1, -0.05) is 0 Å². The fourth-order valence-electron chi connectivity index (χ4n) is 2.17. The fraction of sp³-hybridized carbons (Fsp3) is 0.636. The van der Waals surface area contributed by atoms with Crippen molar-refractivity contribution in [2.24, 2.45) is 12.8 Å². The lowest BCUT2D eigenvalue weighted by Gasteiger charge is -2.30. The molecule has 2 N–H and O–H groups in total. The average Bonchev–Trinajstić information content (AvgIpc) is 2.57. The van der Waals surface area contributed by atoms with E-state index < -0.39 is 0 Å². The van der Waals surface area contributed by atoms with Crippen LogP contribution in [0.5, 0.6) is 0 Å². The van der Waals surface area contributed by atoms with E-state index in [1.807, 2.05) is 17.9 Å². The van der Waals surface area contributed by atoms with Gasteiger partial charge in [0.25, 0.3) is 5.91 Å². The Kier molecular flexibility index (Phi) is 4.54. The maximum Gasteiger partial charge on any atom is 0.272 e. The molecule has 2 rings (SSSR count). The van der Waals surface area contributed by atoms with Crippen molar-refractivity contribution < 1.29 is 4.79 Å². The molecule has 0 unspecified atom stereocenters. The molecule has 1 saturated heterocycles. The molecule has 1 aromatic rings. The van der Waals surface area contributed by atoms with Crippen LogP contribution in [0.1, 0.15) is 29.0 Å². The Bertz CT molecular complexity index is 404. The predicted octanol–water partition coefficient (Wildman–Crippen LogP) is 0.714. The van der Waals surface area contributed by atoms with Gasteiger partial charge in [0.2, 0.25) is 0 Å². The van der Waals surface area contributed by atoms with Gasteiger partial charge in [0.05, 0.1) is 5.69 Å². The molecule has 0 saturated carbocycles. The Labute approximate surface area is 107 Å². The zero-order valence-corrected chi connectivity index (χ0v) is 11.0. The number of hydrogen-bond donors (Lipinski definition) is 1. The van der Waals surface area contributed by atoms with Crippen LogP contribution in [0.3, 0.4) is 0 Å². The molecule has 1 amide bonds. The van der Waals surface area contributed by atoms with Crippen LogP contribution in [0.25, 0.3) is 0 Å². The summed E-state index contributed by atoms with van der Waals surface area (Å²) in [6.07, 6.45) is 2.00. The molecule has 17 heavy (non-hydrogen) atoms. The largest absolute Gasteiger partial charge is 0.336 e. The van der Waals surface area contributed by atoms with E-state index in [2.05, 4.69) is 5.10 Å². The number of amides is 1. The summed E-state index contributed by atoms with van der Waals surface area (Å²) in [5.41, 5.74) is 7.38. The molecule has 0 aromatic carbocycles. The smallest absolute Gasteiger partial charge is 0.272 e. The lowest BCUT2D eigenvalue weighted by molar-refractivity contribution is 0.0697. The van der Waals surface area contributed by atoms with E-state index in [1.165, 1.54) is 0 Å². The number of rotatable bonds is 1. The summed E-state index contributed by atoms with van der Waals surface area (Å²) < 4.78 is 1.64. The maximum absolute atomic E-state index is 12.2. The van der Waals surface area contributed by atoms with Gasteiger partial charge in [-0.25, -0.2) is 0 Å². The van der Waals surface area contributed by atoms with Crippen molar-refractivity contribution in [3.8, 4) is 0 Å². The minimum atomic E-state index is 0. The number of aryl methyl sites for hydroxylation is 2. The van der Waals surface area contributed by atoms with Gasteiger partial charge in [-0.05, 0) is 25.8 Å². The molecule has 1 atom stereocenters. The molecule has 6 heteroatoms. The number of hydrogen-bond acceptors (Lipinski definition) is 3. The van der Waals surface area contributed by atoms with Crippen LogP contribution in [0.4, 0.5) is 0 Å². The number of nitrogens with two attached hydrogens (primary N) is 1. The Balaban J connectivity index is 0.00000144. The molecule has 0 aliphatic carbocycles. The highest BCUT2D eigenvalue weighted by Crippen LogP contribution is 2.13. The van der Waals surface area contributed by atoms with E-state index in [-0.39, 0.29) is 24.4 Å². The summed E-state index contributed by atoms with van der Waals surface area (Å²) in [6, 6.07) is 1.94. The average molecular weight is 259 g/mol. The molecule has 0 radical (unpaired) electrons. The van der Waals surface area contributed by atoms with Crippen molar-refractivity contribution in [3.63, 3.8) is 0 Å². The number of piperidine rings is 1. The van der Waals surface area contributed by atoms with Crippen molar-refractivity contribution in [2.45, 2.75) is 25.8 Å². The van der Waals surface area contributed by atoms with E-state index >= 15 is 0 Å². The monoisotopic (exact) mass is 258 g/mol. The van der Waals surface area contributed by atoms with Gasteiger partial charge in [-0.3, -0.25) is 9.48 Å². The maximum atomic E-state index is 12.2. The van der Waals surface area contributed by atoms with Crippen LogP contribution in [-0.2, 0) is 7.05 Å². The van der Waals surface area contributed by atoms with E-state index in [0.717, 1.165) is 25.1 Å². The van der Waals surface area contributed by atoms with Gasteiger partial charge >= 0.3 is 0 Å². The van der Waals surface area contributed by atoms with Crippen molar-refractivity contribution in [2.75, 3.05) is 13.1 Å². The van der Waals surface area contributed by atoms with Gasteiger partial charge in [-0.2, -0.15) is 5.10 Å². The zero-order valence-electron chi connectivity index (χ0n) is 10.2. The predicted molar refractivity (Wildman–Crippen MR) is 68.3 cm³/mol. The molecule has 1 aromatic heterocycles. The van der Waals surface area contributed by atoms with E-state index in [9.17, 15) is 4.79 Å². The van der Waals surface area contributed by atoms with Crippen LogP contribution < -0.4 is 5.73 Å². The Morgan fingerprint density at radius 3 is 2.82 bits per heavy atom. The number of aromatic nitrogens is 2. The van der Waals surface area contributed by atoms with Gasteiger partial charge in [0.15, 0.2) is 0 Å². The van der Waals surface area contributed by atoms with Crippen molar-refractivity contribution in [1.82, 2.24) is 14.7 Å². The first-order valence-electron chi connectivity index (χ1n) is 5.63. The van der Waals surface area contributed by atoms with Gasteiger partial charge in [-0.15, -0.1) is 12.4 Å². The molecule has 0 spiro atoms. The molecular weight excluding hydrogens is 240 g/mol. The topological polar surface area (TPSA) is 64.2 Å². The summed E-state index contributed by atoms with van der Waals surface area (Å²) in [7, 11) is 1.80. The van der Waals surface area contributed by atoms with Crippen LogP contribution >= 0.6 is 12.4 Å². The summed E-state index contributed by atoms with van der Waals surface area (Å²) in [5, 5.41) is 4.18. The SMILES string of the molecule is Cc1cc(C(=O)N2CCC[C@@H](N)C2)n(C)n1.Cl. The minimum absolute atomic E-state index is 0. The van der Waals surface area contributed by atoms with Gasteiger partial charge in [0.1, 0.15) is 5.69 Å². The first-order chi connectivity index (χ1) is 7.58. The Hall–Kier alpha value is -1.07. The first-order valence-corrected chi connectivity index (χ1v) is 5.63. The molecule has 5 nitrogen and oxygen atoms in total. The van der Waals surface area contributed by atoms with Gasteiger partial charge < -0.3 is 10.6 Å². The number of nitrogens with zero attached hydrogens (tertiary/aromatic N) is 3. The third kappa shape index (κ3) is 2.98. The normalized spacial score (nSPS) is 19.9. The van der Waals surface area contributed by atoms with Gasteiger partial charge in [0, 0.05) is 26.2 Å². The second-order valence-corrected chi connectivity index (χ2v) is 4.45. The number of likely N-dealkylation sites (tertiary alicyclic amines) is 1. The van der Waals surface area contributed by atoms with Crippen LogP contribution in [-0.4, -0.2) is 39.7 Å². The summed E-state index contributed by atoms with van der Waals surface area (Å²) in [4.78, 5) is 14.0. The van der Waals surface area contributed by atoms with E-state index in [0.29, 0.717) is 12.2 Å². The number of carbonyl (C=O) groups excluding carboxylic acids is 1. The molecule has 2 heterocycles. The van der Waals surface area contributed by atoms with Crippen molar-refractivity contribution >= 4 is 18.3 Å². The molecule has 1 fully saturated rings. The molecule has 0 bridgehead atoms. The van der Waals surface area contributed by atoms with Crippen LogP contribution in [0, 0.1) is 6.92 Å². The lowest BCUT2D eigenvalue weighted by Crippen LogP contribution is -2.46. The second-order valence-electron chi connectivity index (χ2n) is 4.45.